The summed E-state index contributed by atoms with van der Waals surface area (Å²) in [4.78, 5) is 38.2. The molecule has 0 unspecified atom stereocenters. The Kier molecular flexibility index (Phi) is 4.35. The number of imide groups is 2. The van der Waals surface area contributed by atoms with E-state index in [1.165, 1.54) is 18.2 Å². The van der Waals surface area contributed by atoms with Crippen LogP contribution in [0.2, 0.25) is 0 Å². The molecule has 0 aromatic heterocycles. The fourth-order valence-corrected chi connectivity index (χ4v) is 2.64. The van der Waals surface area contributed by atoms with Crippen LogP contribution in [0.5, 0.6) is 5.75 Å². The lowest BCUT2D eigenvalue weighted by atomic mass is 10.0. The smallest absolute Gasteiger partial charge is 0.335 e. The van der Waals surface area contributed by atoms with Crippen LogP contribution in [-0.4, -0.2) is 23.0 Å². The summed E-state index contributed by atoms with van der Waals surface area (Å²) in [6.07, 6.45) is 2.03. The average Bonchev–Trinajstić information content (AvgIpc) is 2.60. The first-order chi connectivity index (χ1) is 12.0. The van der Waals surface area contributed by atoms with E-state index in [0.29, 0.717) is 17.7 Å². The summed E-state index contributed by atoms with van der Waals surface area (Å²) >= 11 is 0. The number of para-hydroxylation sites is 1. The molecule has 0 atom stereocenters. The van der Waals surface area contributed by atoms with Crippen LogP contribution in [0, 0.1) is 0 Å². The van der Waals surface area contributed by atoms with Crippen molar-refractivity contribution >= 4 is 29.6 Å². The summed E-state index contributed by atoms with van der Waals surface area (Å²) in [6.45, 7) is 1.92. The molecule has 0 saturated carbocycles. The maximum absolute atomic E-state index is 12.8. The largest absolute Gasteiger partial charge is 0.508 e. The molecule has 6 heteroatoms. The van der Waals surface area contributed by atoms with E-state index < -0.39 is 17.8 Å². The number of rotatable bonds is 3. The number of anilines is 1. The van der Waals surface area contributed by atoms with Gasteiger partial charge in [-0.05, 0) is 41.8 Å². The molecule has 0 radical (unpaired) electrons. The van der Waals surface area contributed by atoms with Crippen LogP contribution in [0.15, 0.2) is 54.1 Å². The first-order valence-electron chi connectivity index (χ1n) is 7.79. The average molecular weight is 336 g/mol. The highest BCUT2D eigenvalue weighted by atomic mass is 16.3. The lowest BCUT2D eigenvalue weighted by Crippen LogP contribution is -2.54. The van der Waals surface area contributed by atoms with Gasteiger partial charge in [-0.3, -0.25) is 14.9 Å². The van der Waals surface area contributed by atoms with Gasteiger partial charge >= 0.3 is 6.03 Å². The number of nitrogens with zero attached hydrogens (tertiary/aromatic N) is 1. The van der Waals surface area contributed by atoms with Crippen LogP contribution in [0.1, 0.15) is 18.1 Å². The highest BCUT2D eigenvalue weighted by Gasteiger charge is 2.37. The van der Waals surface area contributed by atoms with Crippen molar-refractivity contribution in [3.05, 3.63) is 65.2 Å². The van der Waals surface area contributed by atoms with E-state index in [1.807, 2.05) is 19.1 Å². The number of nitrogens with one attached hydrogen (secondary N) is 1. The molecule has 3 rings (SSSR count). The second-order valence-electron chi connectivity index (χ2n) is 5.53. The first kappa shape index (κ1) is 16.4. The Labute approximate surface area is 144 Å². The van der Waals surface area contributed by atoms with E-state index in [-0.39, 0.29) is 11.3 Å². The standard InChI is InChI=1S/C19H16N2O4/c1-2-13-5-3-4-6-16(13)21-18(24)15(17(23)20-19(21)25)11-12-7-9-14(22)10-8-12/h3-11,22H,2H2,1H3,(H,20,23,25)/b15-11+. The minimum atomic E-state index is -0.765. The van der Waals surface area contributed by atoms with Crippen LogP contribution in [-0.2, 0) is 16.0 Å². The van der Waals surface area contributed by atoms with Gasteiger partial charge in [0.25, 0.3) is 11.8 Å². The van der Waals surface area contributed by atoms with Gasteiger partial charge in [-0.2, -0.15) is 0 Å². The molecule has 6 nitrogen and oxygen atoms in total. The lowest BCUT2D eigenvalue weighted by Gasteiger charge is -2.27. The number of carbonyl (C=O) groups excluding carboxylic acids is 3. The Morgan fingerprint density at radius 3 is 2.40 bits per heavy atom. The minimum Gasteiger partial charge on any atom is -0.508 e. The van der Waals surface area contributed by atoms with Gasteiger partial charge in [0.15, 0.2) is 0 Å². The molecule has 0 aliphatic carbocycles. The predicted molar refractivity (Wildman–Crippen MR) is 92.9 cm³/mol. The zero-order chi connectivity index (χ0) is 18.0. The van der Waals surface area contributed by atoms with Crippen LogP contribution in [0.4, 0.5) is 10.5 Å². The Morgan fingerprint density at radius 1 is 1.04 bits per heavy atom. The van der Waals surface area contributed by atoms with Gasteiger partial charge < -0.3 is 5.11 Å². The van der Waals surface area contributed by atoms with Crippen molar-refractivity contribution in [2.75, 3.05) is 4.90 Å². The zero-order valence-corrected chi connectivity index (χ0v) is 13.5. The quantitative estimate of drug-likeness (QED) is 0.666. The molecule has 4 amide bonds. The lowest BCUT2D eigenvalue weighted by molar-refractivity contribution is -0.122. The van der Waals surface area contributed by atoms with Crippen molar-refractivity contribution in [2.45, 2.75) is 13.3 Å². The monoisotopic (exact) mass is 336 g/mol. The van der Waals surface area contributed by atoms with Crippen LogP contribution in [0.25, 0.3) is 6.08 Å². The number of benzene rings is 2. The second-order valence-corrected chi connectivity index (χ2v) is 5.53. The number of amides is 4. The van der Waals surface area contributed by atoms with Crippen molar-refractivity contribution in [1.82, 2.24) is 5.32 Å². The van der Waals surface area contributed by atoms with E-state index in [1.54, 1.807) is 24.3 Å². The molecule has 1 aliphatic rings. The molecular formula is C19H16N2O4. The summed E-state index contributed by atoms with van der Waals surface area (Å²) < 4.78 is 0. The van der Waals surface area contributed by atoms with Crippen LogP contribution in [0.3, 0.4) is 0 Å². The number of carbonyl (C=O) groups is 3. The molecule has 0 bridgehead atoms. The van der Waals surface area contributed by atoms with Gasteiger partial charge in [0.2, 0.25) is 0 Å². The number of barbiturate groups is 1. The third-order valence-corrected chi connectivity index (χ3v) is 3.92. The van der Waals surface area contributed by atoms with Crippen molar-refractivity contribution < 1.29 is 19.5 Å². The molecule has 1 saturated heterocycles. The Bertz CT molecular complexity index is 885. The highest BCUT2D eigenvalue weighted by molar-refractivity contribution is 6.39. The van der Waals surface area contributed by atoms with E-state index >= 15 is 0 Å². The molecule has 0 spiro atoms. The maximum Gasteiger partial charge on any atom is 0.335 e. The molecule has 2 aromatic carbocycles. The number of phenols is 1. The molecular weight excluding hydrogens is 320 g/mol. The number of hydrogen-bond donors (Lipinski definition) is 2. The van der Waals surface area contributed by atoms with E-state index in [2.05, 4.69) is 5.32 Å². The third kappa shape index (κ3) is 3.14. The Balaban J connectivity index is 2.04. The number of phenolic OH excluding ortho intramolecular Hbond substituents is 1. The summed E-state index contributed by atoms with van der Waals surface area (Å²) in [7, 11) is 0. The predicted octanol–water partition coefficient (Wildman–Crippen LogP) is 2.62. The van der Waals surface area contributed by atoms with Gasteiger partial charge in [-0.15, -0.1) is 0 Å². The molecule has 126 valence electrons. The molecule has 1 fully saturated rings. The van der Waals surface area contributed by atoms with Gasteiger partial charge in [0.05, 0.1) is 5.69 Å². The number of hydrogen-bond acceptors (Lipinski definition) is 4. The van der Waals surface area contributed by atoms with Crippen molar-refractivity contribution in [2.24, 2.45) is 0 Å². The van der Waals surface area contributed by atoms with Gasteiger partial charge in [-0.1, -0.05) is 37.3 Å². The van der Waals surface area contributed by atoms with Gasteiger partial charge in [-0.25, -0.2) is 9.69 Å². The van der Waals surface area contributed by atoms with Gasteiger partial charge in [0, 0.05) is 0 Å². The number of aromatic hydroxyl groups is 1. The summed E-state index contributed by atoms with van der Waals surface area (Å²) in [5.74, 6) is -1.34. The molecule has 2 N–H and O–H groups in total. The van der Waals surface area contributed by atoms with E-state index in [9.17, 15) is 19.5 Å². The van der Waals surface area contributed by atoms with Crippen molar-refractivity contribution in [1.29, 1.82) is 0 Å². The highest BCUT2D eigenvalue weighted by Crippen LogP contribution is 2.26. The topological polar surface area (TPSA) is 86.7 Å². The van der Waals surface area contributed by atoms with Crippen LogP contribution >= 0.6 is 0 Å². The van der Waals surface area contributed by atoms with Crippen molar-refractivity contribution in [3.63, 3.8) is 0 Å². The molecule has 25 heavy (non-hydrogen) atoms. The van der Waals surface area contributed by atoms with E-state index in [4.69, 9.17) is 0 Å². The Hall–Kier alpha value is -3.41. The molecule has 1 heterocycles. The third-order valence-electron chi connectivity index (χ3n) is 3.92. The van der Waals surface area contributed by atoms with Crippen LogP contribution < -0.4 is 10.2 Å². The van der Waals surface area contributed by atoms with Crippen molar-refractivity contribution in [3.8, 4) is 5.75 Å². The van der Waals surface area contributed by atoms with Gasteiger partial charge in [0.1, 0.15) is 11.3 Å². The fraction of sp³-hybridized carbons (Fsp3) is 0.105. The second kappa shape index (κ2) is 6.60. The SMILES string of the molecule is CCc1ccccc1N1C(=O)NC(=O)/C(=C\c2ccc(O)cc2)C1=O. The van der Waals surface area contributed by atoms with E-state index in [0.717, 1.165) is 10.5 Å². The summed E-state index contributed by atoms with van der Waals surface area (Å²) in [5.41, 5.74) is 1.70. The number of aryl methyl sites for hydroxylation is 1. The number of urea groups is 1. The Morgan fingerprint density at radius 2 is 1.72 bits per heavy atom. The first-order valence-corrected chi connectivity index (χ1v) is 7.79. The summed E-state index contributed by atoms with van der Waals surface area (Å²) in [5, 5.41) is 11.5. The zero-order valence-electron chi connectivity index (χ0n) is 13.5. The fourth-order valence-electron chi connectivity index (χ4n) is 2.64. The molecule has 1 aliphatic heterocycles. The normalized spacial score (nSPS) is 16.3. The maximum atomic E-state index is 12.8. The molecule has 2 aromatic rings. The minimum absolute atomic E-state index is 0.0789. The summed E-state index contributed by atoms with van der Waals surface area (Å²) in [6, 6.07) is 12.3.